The summed E-state index contributed by atoms with van der Waals surface area (Å²) in [5.74, 6) is 0.666. The third kappa shape index (κ3) is 3.78. The van der Waals surface area contributed by atoms with Crippen molar-refractivity contribution in [3.8, 4) is 11.3 Å². The topological polar surface area (TPSA) is 37.0 Å². The highest BCUT2D eigenvalue weighted by Crippen LogP contribution is 2.33. The van der Waals surface area contributed by atoms with Crippen molar-refractivity contribution in [1.82, 2.24) is 10.3 Å². The molecule has 0 bridgehead atoms. The smallest absolute Gasteiger partial charge is 0.0730 e. The molecule has 2 unspecified atom stereocenters. The Labute approximate surface area is 178 Å². The quantitative estimate of drug-likeness (QED) is 0.420. The minimum absolute atomic E-state index is 0.501. The number of anilines is 1. The average Bonchev–Trinajstić information content (AvgIpc) is 2.80. The SMILES string of the molecule is CNCC1CCCCC1Nc1cc(-c2ccc3ccccc3c2)nc2ccccc12. The minimum Gasteiger partial charge on any atom is -0.381 e. The summed E-state index contributed by atoms with van der Waals surface area (Å²) in [7, 11) is 2.06. The molecule has 2 atom stereocenters. The maximum atomic E-state index is 5.01. The van der Waals surface area contributed by atoms with E-state index in [1.807, 2.05) is 0 Å². The van der Waals surface area contributed by atoms with Gasteiger partial charge in [0.2, 0.25) is 0 Å². The highest BCUT2D eigenvalue weighted by Gasteiger charge is 2.25. The lowest BCUT2D eigenvalue weighted by Gasteiger charge is -2.33. The van der Waals surface area contributed by atoms with Crippen LogP contribution in [0.1, 0.15) is 25.7 Å². The molecule has 0 amide bonds. The number of nitrogens with zero attached hydrogens (tertiary/aromatic N) is 1. The fourth-order valence-electron chi connectivity index (χ4n) is 4.90. The van der Waals surface area contributed by atoms with E-state index in [0.29, 0.717) is 12.0 Å². The molecular formula is C27H29N3. The van der Waals surface area contributed by atoms with Crippen LogP contribution in [0.3, 0.4) is 0 Å². The number of benzene rings is 3. The summed E-state index contributed by atoms with van der Waals surface area (Å²) in [4.78, 5) is 5.01. The van der Waals surface area contributed by atoms with Gasteiger partial charge in [-0.25, -0.2) is 4.98 Å². The van der Waals surface area contributed by atoms with Crippen LogP contribution < -0.4 is 10.6 Å². The zero-order valence-electron chi connectivity index (χ0n) is 17.6. The summed E-state index contributed by atoms with van der Waals surface area (Å²) in [5, 5.41) is 11.0. The van der Waals surface area contributed by atoms with Gasteiger partial charge in [-0.05, 0) is 61.3 Å². The summed E-state index contributed by atoms with van der Waals surface area (Å²) < 4.78 is 0. The van der Waals surface area contributed by atoms with E-state index in [2.05, 4.69) is 90.5 Å². The first-order valence-corrected chi connectivity index (χ1v) is 11.1. The molecule has 2 N–H and O–H groups in total. The number of hydrogen-bond acceptors (Lipinski definition) is 3. The summed E-state index contributed by atoms with van der Waals surface area (Å²) in [6.45, 7) is 1.07. The number of hydrogen-bond donors (Lipinski definition) is 2. The average molecular weight is 396 g/mol. The van der Waals surface area contributed by atoms with Crippen molar-refractivity contribution in [2.75, 3.05) is 18.9 Å². The zero-order valence-corrected chi connectivity index (χ0v) is 17.6. The van der Waals surface area contributed by atoms with E-state index < -0.39 is 0 Å². The van der Waals surface area contributed by atoms with Gasteiger partial charge in [-0.3, -0.25) is 0 Å². The molecule has 1 aliphatic rings. The summed E-state index contributed by atoms with van der Waals surface area (Å²) in [6.07, 6.45) is 5.16. The van der Waals surface area contributed by atoms with E-state index in [0.717, 1.165) is 23.3 Å². The lowest BCUT2D eigenvalue weighted by atomic mass is 9.84. The third-order valence-electron chi connectivity index (χ3n) is 6.48. The van der Waals surface area contributed by atoms with Crippen molar-refractivity contribution in [3.63, 3.8) is 0 Å². The molecule has 1 fully saturated rings. The zero-order chi connectivity index (χ0) is 20.3. The first kappa shape index (κ1) is 19.1. The van der Waals surface area contributed by atoms with Crippen LogP contribution in [0.5, 0.6) is 0 Å². The fraction of sp³-hybridized carbons (Fsp3) is 0.296. The number of fused-ring (bicyclic) bond motifs is 2. The third-order valence-corrected chi connectivity index (χ3v) is 6.48. The van der Waals surface area contributed by atoms with E-state index in [9.17, 15) is 0 Å². The number of rotatable bonds is 5. The molecule has 1 saturated carbocycles. The molecule has 5 rings (SSSR count). The highest BCUT2D eigenvalue weighted by atomic mass is 15.0. The van der Waals surface area contributed by atoms with E-state index in [1.165, 1.54) is 47.5 Å². The van der Waals surface area contributed by atoms with Crippen LogP contribution in [-0.4, -0.2) is 24.6 Å². The van der Waals surface area contributed by atoms with Crippen LogP contribution in [-0.2, 0) is 0 Å². The van der Waals surface area contributed by atoms with Crippen LogP contribution in [0.25, 0.3) is 32.9 Å². The predicted molar refractivity (Wildman–Crippen MR) is 128 cm³/mol. The van der Waals surface area contributed by atoms with Crippen molar-refractivity contribution in [2.24, 2.45) is 5.92 Å². The summed E-state index contributed by atoms with van der Waals surface area (Å²) in [6, 6.07) is 26.4. The molecule has 0 saturated heterocycles. The second-order valence-corrected chi connectivity index (χ2v) is 8.49. The monoisotopic (exact) mass is 395 g/mol. The fourth-order valence-corrected chi connectivity index (χ4v) is 4.90. The van der Waals surface area contributed by atoms with Gasteiger partial charge in [0, 0.05) is 22.7 Å². The van der Waals surface area contributed by atoms with Crippen LogP contribution in [0.2, 0.25) is 0 Å². The van der Waals surface area contributed by atoms with Crippen molar-refractivity contribution < 1.29 is 0 Å². The molecule has 1 heterocycles. The van der Waals surface area contributed by atoms with E-state index in [-0.39, 0.29) is 0 Å². The lowest BCUT2D eigenvalue weighted by Crippen LogP contribution is -2.37. The largest absolute Gasteiger partial charge is 0.381 e. The number of aromatic nitrogens is 1. The predicted octanol–water partition coefficient (Wildman–Crippen LogP) is 6.25. The molecule has 3 aromatic carbocycles. The van der Waals surface area contributed by atoms with Crippen molar-refractivity contribution in [1.29, 1.82) is 0 Å². The molecular weight excluding hydrogens is 366 g/mol. The maximum absolute atomic E-state index is 5.01. The van der Waals surface area contributed by atoms with Gasteiger partial charge < -0.3 is 10.6 Å². The van der Waals surface area contributed by atoms with E-state index in [1.54, 1.807) is 0 Å². The standard InChI is InChI=1S/C27H29N3/c1-28-18-22-10-4-6-12-24(22)29-27-17-26(30-25-13-7-5-11-23(25)27)21-15-14-19-8-2-3-9-20(19)16-21/h2-3,5,7-9,11,13-17,22,24,28H,4,6,10,12,18H2,1H3,(H,29,30). The molecule has 1 aromatic heterocycles. The van der Waals surface area contributed by atoms with Gasteiger partial charge in [0.15, 0.2) is 0 Å². The second-order valence-electron chi connectivity index (χ2n) is 8.49. The van der Waals surface area contributed by atoms with Crippen molar-refractivity contribution >= 4 is 27.4 Å². The number of para-hydroxylation sites is 1. The van der Waals surface area contributed by atoms with Crippen molar-refractivity contribution in [2.45, 2.75) is 31.7 Å². The Balaban J connectivity index is 1.57. The Bertz CT molecular complexity index is 1170. The normalized spacial score (nSPS) is 19.2. The van der Waals surface area contributed by atoms with Gasteiger partial charge in [0.05, 0.1) is 11.2 Å². The summed E-state index contributed by atoms with van der Waals surface area (Å²) >= 11 is 0. The number of pyridine rings is 1. The Morgan fingerprint density at radius 2 is 1.67 bits per heavy atom. The molecule has 4 aromatic rings. The second kappa shape index (κ2) is 8.45. The van der Waals surface area contributed by atoms with Gasteiger partial charge >= 0.3 is 0 Å². The minimum atomic E-state index is 0.501. The molecule has 1 aliphatic carbocycles. The highest BCUT2D eigenvalue weighted by molar-refractivity contribution is 5.95. The van der Waals surface area contributed by atoms with Crippen LogP contribution in [0.15, 0.2) is 72.8 Å². The van der Waals surface area contributed by atoms with Crippen LogP contribution >= 0.6 is 0 Å². The number of nitrogens with one attached hydrogen (secondary N) is 2. The molecule has 3 nitrogen and oxygen atoms in total. The molecule has 0 radical (unpaired) electrons. The Morgan fingerprint density at radius 3 is 2.57 bits per heavy atom. The van der Waals surface area contributed by atoms with Gasteiger partial charge in [-0.1, -0.05) is 67.4 Å². The van der Waals surface area contributed by atoms with Crippen molar-refractivity contribution in [3.05, 3.63) is 72.8 Å². The summed E-state index contributed by atoms with van der Waals surface area (Å²) in [5.41, 5.74) is 4.45. The van der Waals surface area contributed by atoms with E-state index in [4.69, 9.17) is 4.98 Å². The Hall–Kier alpha value is -2.91. The molecule has 0 spiro atoms. The molecule has 0 aliphatic heterocycles. The Morgan fingerprint density at radius 1 is 0.867 bits per heavy atom. The van der Waals surface area contributed by atoms with Gasteiger partial charge in [0.1, 0.15) is 0 Å². The van der Waals surface area contributed by atoms with Gasteiger partial charge in [-0.2, -0.15) is 0 Å². The van der Waals surface area contributed by atoms with E-state index >= 15 is 0 Å². The first-order chi connectivity index (χ1) is 14.8. The molecule has 30 heavy (non-hydrogen) atoms. The first-order valence-electron chi connectivity index (χ1n) is 11.1. The maximum Gasteiger partial charge on any atom is 0.0730 e. The molecule has 152 valence electrons. The van der Waals surface area contributed by atoms with Crippen LogP contribution in [0.4, 0.5) is 5.69 Å². The Kier molecular flexibility index (Phi) is 5.37. The van der Waals surface area contributed by atoms with Gasteiger partial charge in [-0.15, -0.1) is 0 Å². The lowest BCUT2D eigenvalue weighted by molar-refractivity contribution is 0.319. The molecule has 3 heteroatoms. The van der Waals surface area contributed by atoms with Gasteiger partial charge in [0.25, 0.3) is 0 Å². The van der Waals surface area contributed by atoms with Crippen LogP contribution in [0, 0.1) is 5.92 Å².